The van der Waals surface area contributed by atoms with Gasteiger partial charge in [0.25, 0.3) is 0 Å². The first-order chi connectivity index (χ1) is 11.4. The fraction of sp³-hybridized carbons (Fsp3) is 0.882. The van der Waals surface area contributed by atoms with Crippen molar-refractivity contribution >= 4 is 12.1 Å². The van der Waals surface area contributed by atoms with Crippen LogP contribution in [-0.4, -0.2) is 68.5 Å². The highest BCUT2D eigenvalue weighted by Crippen LogP contribution is 2.15. The van der Waals surface area contributed by atoms with E-state index >= 15 is 0 Å². The fourth-order valence-electron chi connectivity index (χ4n) is 2.28. The highest BCUT2D eigenvalue weighted by molar-refractivity contribution is 5.80. The summed E-state index contributed by atoms with van der Waals surface area (Å²) in [7, 11) is 1.73. The van der Waals surface area contributed by atoms with Crippen molar-refractivity contribution in [3.8, 4) is 0 Å². The lowest BCUT2D eigenvalue weighted by Crippen LogP contribution is -2.63. The average molecular weight is 342 g/mol. The van der Waals surface area contributed by atoms with Gasteiger partial charge in [0.1, 0.15) is 5.60 Å². The van der Waals surface area contributed by atoms with Gasteiger partial charge in [0.2, 0.25) is 0 Å². The Balaban J connectivity index is 2.28. The van der Waals surface area contributed by atoms with Crippen LogP contribution in [-0.2, 0) is 9.47 Å². The second-order valence-corrected chi connectivity index (χ2v) is 7.04. The number of carbonyl (C=O) groups excluding carboxylic acids is 1. The summed E-state index contributed by atoms with van der Waals surface area (Å²) in [5.41, 5.74) is -0.450. The zero-order valence-electron chi connectivity index (χ0n) is 15.9. The van der Waals surface area contributed by atoms with Gasteiger partial charge in [-0.2, -0.15) is 0 Å². The van der Waals surface area contributed by atoms with Crippen LogP contribution in [0.3, 0.4) is 0 Å². The minimum atomic E-state index is -0.450. The van der Waals surface area contributed by atoms with Crippen molar-refractivity contribution < 1.29 is 14.3 Å². The zero-order chi connectivity index (χ0) is 18.0. The number of likely N-dealkylation sites (tertiary alicyclic amines) is 1. The predicted molar refractivity (Wildman–Crippen MR) is 96.4 cm³/mol. The molecule has 0 unspecified atom stereocenters. The van der Waals surface area contributed by atoms with Crippen LogP contribution in [0, 0.1) is 0 Å². The molecule has 0 aromatic heterocycles. The number of nitrogens with zero attached hydrogens (tertiary/aromatic N) is 2. The zero-order valence-corrected chi connectivity index (χ0v) is 15.9. The first-order valence-electron chi connectivity index (χ1n) is 8.87. The van der Waals surface area contributed by atoms with Crippen LogP contribution in [0.2, 0.25) is 0 Å². The quantitative estimate of drug-likeness (QED) is 0.401. The smallest absolute Gasteiger partial charge is 0.410 e. The topological polar surface area (TPSA) is 75.2 Å². The molecule has 1 heterocycles. The van der Waals surface area contributed by atoms with Crippen molar-refractivity contribution in [2.75, 3.05) is 39.9 Å². The number of guanidine groups is 1. The number of hydrogen-bond acceptors (Lipinski definition) is 4. The van der Waals surface area contributed by atoms with E-state index in [0.29, 0.717) is 13.1 Å². The lowest BCUT2D eigenvalue weighted by atomic mass is 10.1. The number of ether oxygens (including phenoxy) is 2. The molecule has 1 aliphatic rings. The summed E-state index contributed by atoms with van der Waals surface area (Å²) in [6.07, 6.45) is 2.99. The largest absolute Gasteiger partial charge is 0.444 e. The molecule has 1 saturated heterocycles. The molecule has 0 spiro atoms. The third kappa shape index (κ3) is 8.38. The van der Waals surface area contributed by atoms with Crippen LogP contribution >= 0.6 is 0 Å². The monoisotopic (exact) mass is 342 g/mol. The number of nitrogens with one attached hydrogen (secondary N) is 2. The number of rotatable bonds is 8. The number of unbranched alkanes of at least 4 members (excludes halogenated alkanes) is 2. The lowest BCUT2D eigenvalue weighted by Gasteiger charge is -2.40. The van der Waals surface area contributed by atoms with Gasteiger partial charge in [0.05, 0.1) is 6.04 Å². The summed E-state index contributed by atoms with van der Waals surface area (Å²) in [6.45, 7) is 11.4. The molecule has 1 aliphatic heterocycles. The summed E-state index contributed by atoms with van der Waals surface area (Å²) in [5.74, 6) is 0.818. The summed E-state index contributed by atoms with van der Waals surface area (Å²) in [5, 5.41) is 6.61. The summed E-state index contributed by atoms with van der Waals surface area (Å²) >= 11 is 0. The number of carbonyl (C=O) groups is 1. The number of methoxy groups -OCH3 is 1. The van der Waals surface area contributed by atoms with Crippen molar-refractivity contribution in [1.29, 1.82) is 0 Å². The highest BCUT2D eigenvalue weighted by Gasteiger charge is 2.34. The van der Waals surface area contributed by atoms with Gasteiger partial charge in [0, 0.05) is 39.9 Å². The summed E-state index contributed by atoms with van der Waals surface area (Å²) < 4.78 is 10.4. The van der Waals surface area contributed by atoms with E-state index in [4.69, 9.17) is 9.47 Å². The van der Waals surface area contributed by atoms with E-state index in [2.05, 4.69) is 15.6 Å². The molecule has 140 valence electrons. The van der Waals surface area contributed by atoms with Crippen LogP contribution in [0.5, 0.6) is 0 Å². The Bertz CT molecular complexity index is 401. The summed E-state index contributed by atoms with van der Waals surface area (Å²) in [4.78, 5) is 18.2. The van der Waals surface area contributed by atoms with Crippen molar-refractivity contribution in [3.63, 3.8) is 0 Å². The Labute approximate surface area is 146 Å². The molecular formula is C17H34N4O3. The molecule has 7 heteroatoms. The lowest BCUT2D eigenvalue weighted by molar-refractivity contribution is 0.00701. The average Bonchev–Trinajstić information content (AvgIpc) is 2.43. The van der Waals surface area contributed by atoms with E-state index in [1.807, 2.05) is 27.7 Å². The Morgan fingerprint density at radius 3 is 2.54 bits per heavy atom. The van der Waals surface area contributed by atoms with E-state index in [-0.39, 0.29) is 12.1 Å². The molecule has 1 rings (SSSR count). The SMILES string of the molecule is CCNC(=NCCCCCOC)NC1CN(C(=O)OC(C)(C)C)C1. The third-order valence-corrected chi connectivity index (χ3v) is 3.49. The number of aliphatic imine (C=N–C) groups is 1. The molecule has 7 nitrogen and oxygen atoms in total. The predicted octanol–water partition coefficient (Wildman–Crippen LogP) is 1.98. The van der Waals surface area contributed by atoms with Crippen molar-refractivity contribution in [2.24, 2.45) is 4.99 Å². The minimum Gasteiger partial charge on any atom is -0.444 e. The van der Waals surface area contributed by atoms with Crippen LogP contribution in [0.25, 0.3) is 0 Å². The van der Waals surface area contributed by atoms with Crippen LogP contribution in [0.15, 0.2) is 4.99 Å². The Morgan fingerprint density at radius 2 is 1.96 bits per heavy atom. The maximum absolute atomic E-state index is 11.9. The van der Waals surface area contributed by atoms with Crippen molar-refractivity contribution in [2.45, 2.75) is 58.6 Å². The Hall–Kier alpha value is -1.50. The van der Waals surface area contributed by atoms with E-state index in [9.17, 15) is 4.79 Å². The molecule has 2 N–H and O–H groups in total. The van der Waals surface area contributed by atoms with Gasteiger partial charge in [-0.25, -0.2) is 4.79 Å². The van der Waals surface area contributed by atoms with Gasteiger partial charge in [0.15, 0.2) is 5.96 Å². The van der Waals surface area contributed by atoms with Gasteiger partial charge >= 0.3 is 6.09 Å². The second kappa shape index (κ2) is 10.4. The van der Waals surface area contributed by atoms with Gasteiger partial charge in [-0.1, -0.05) is 0 Å². The summed E-state index contributed by atoms with van der Waals surface area (Å²) in [6, 6.07) is 0.226. The first-order valence-corrected chi connectivity index (χ1v) is 8.87. The molecule has 1 amide bonds. The first kappa shape index (κ1) is 20.5. The van der Waals surface area contributed by atoms with Gasteiger partial charge in [-0.15, -0.1) is 0 Å². The van der Waals surface area contributed by atoms with Crippen LogP contribution in [0.1, 0.15) is 47.0 Å². The number of amides is 1. The van der Waals surface area contributed by atoms with Crippen molar-refractivity contribution in [3.05, 3.63) is 0 Å². The molecule has 0 saturated carbocycles. The van der Waals surface area contributed by atoms with E-state index < -0.39 is 5.60 Å². The van der Waals surface area contributed by atoms with Crippen molar-refractivity contribution in [1.82, 2.24) is 15.5 Å². The molecule has 0 aromatic carbocycles. The maximum Gasteiger partial charge on any atom is 0.410 e. The van der Waals surface area contributed by atoms with Crippen LogP contribution in [0.4, 0.5) is 4.79 Å². The molecule has 0 aromatic rings. The van der Waals surface area contributed by atoms with Gasteiger partial charge in [-0.3, -0.25) is 4.99 Å². The Morgan fingerprint density at radius 1 is 1.25 bits per heavy atom. The Kier molecular flexibility index (Phi) is 8.89. The molecule has 0 aliphatic carbocycles. The molecule has 0 atom stereocenters. The normalized spacial score (nSPS) is 15.9. The highest BCUT2D eigenvalue weighted by atomic mass is 16.6. The minimum absolute atomic E-state index is 0.226. The van der Waals surface area contributed by atoms with E-state index in [1.165, 1.54) is 0 Å². The molecule has 1 fully saturated rings. The third-order valence-electron chi connectivity index (χ3n) is 3.49. The van der Waals surface area contributed by atoms with Gasteiger partial charge < -0.3 is 25.0 Å². The van der Waals surface area contributed by atoms with E-state index in [1.54, 1.807) is 12.0 Å². The van der Waals surface area contributed by atoms with Gasteiger partial charge in [-0.05, 0) is 47.0 Å². The molecule has 24 heavy (non-hydrogen) atoms. The standard InChI is InChI=1S/C17H34N4O3/c1-6-18-15(19-10-8-7-9-11-23-5)20-14-12-21(13-14)16(22)24-17(2,3)4/h14H,6-13H2,1-5H3,(H2,18,19,20). The van der Waals surface area contributed by atoms with Crippen LogP contribution < -0.4 is 10.6 Å². The molecule has 0 bridgehead atoms. The van der Waals surface area contributed by atoms with E-state index in [0.717, 1.165) is 44.9 Å². The second-order valence-electron chi connectivity index (χ2n) is 7.04. The number of hydrogen-bond donors (Lipinski definition) is 2. The molecular weight excluding hydrogens is 308 g/mol. The maximum atomic E-state index is 11.9. The fourth-order valence-corrected chi connectivity index (χ4v) is 2.28. The molecule has 0 radical (unpaired) electrons.